The molecular weight excluding hydrogens is 225 g/mol. The van der Waals surface area contributed by atoms with Gasteiger partial charge in [-0.25, -0.2) is 0 Å². The van der Waals surface area contributed by atoms with Crippen LogP contribution < -0.4 is 5.73 Å². The van der Waals surface area contributed by atoms with Gasteiger partial charge in [0.15, 0.2) is 0 Å². The second-order valence-electron chi connectivity index (χ2n) is 1.84. The topological polar surface area (TPSA) is 26.0 Å². The fraction of sp³-hybridized carbons (Fsp3) is 0.429. The predicted octanol–water partition coefficient (Wildman–Crippen LogP) is 2.23. The van der Waals surface area contributed by atoms with Crippen molar-refractivity contribution in [3.8, 4) is 0 Å². The number of alkyl halides is 1. The molecular formula is C7H12IN. The lowest BCUT2D eigenvalue weighted by atomic mass is 10.3. The van der Waals surface area contributed by atoms with Gasteiger partial charge in [0.2, 0.25) is 0 Å². The monoisotopic (exact) mass is 237 g/mol. The van der Waals surface area contributed by atoms with Crippen LogP contribution in [0.3, 0.4) is 0 Å². The summed E-state index contributed by atoms with van der Waals surface area (Å²) in [6, 6.07) is 0. The molecule has 1 atom stereocenters. The molecule has 52 valence electrons. The Bertz CT molecular complexity index is 125. The van der Waals surface area contributed by atoms with Gasteiger partial charge in [-0.1, -0.05) is 46.4 Å². The zero-order valence-corrected chi connectivity index (χ0v) is 7.92. The number of rotatable bonds is 2. The summed E-state index contributed by atoms with van der Waals surface area (Å²) < 4.78 is 0.137. The van der Waals surface area contributed by atoms with Crippen LogP contribution >= 0.6 is 22.6 Å². The lowest BCUT2D eigenvalue weighted by molar-refractivity contribution is 1.20. The van der Waals surface area contributed by atoms with Crippen molar-refractivity contribution in [3.63, 3.8) is 0 Å². The van der Waals surface area contributed by atoms with Gasteiger partial charge in [-0.3, -0.25) is 0 Å². The molecule has 0 bridgehead atoms. The Balaban J connectivity index is 3.71. The van der Waals surface area contributed by atoms with E-state index >= 15 is 0 Å². The smallest absolute Gasteiger partial charge is 0.0757 e. The van der Waals surface area contributed by atoms with Crippen LogP contribution in [0.5, 0.6) is 0 Å². The van der Waals surface area contributed by atoms with Crippen LogP contribution in [0.15, 0.2) is 23.8 Å². The van der Waals surface area contributed by atoms with Crippen molar-refractivity contribution in [1.82, 2.24) is 0 Å². The summed E-state index contributed by atoms with van der Waals surface area (Å²) in [5.41, 5.74) is 6.72. The van der Waals surface area contributed by atoms with E-state index in [9.17, 15) is 0 Å². The van der Waals surface area contributed by atoms with Crippen LogP contribution in [-0.2, 0) is 0 Å². The zero-order chi connectivity index (χ0) is 7.28. The van der Waals surface area contributed by atoms with E-state index in [0.717, 1.165) is 0 Å². The molecule has 0 saturated heterocycles. The van der Waals surface area contributed by atoms with E-state index in [1.165, 1.54) is 5.57 Å². The van der Waals surface area contributed by atoms with E-state index in [1.807, 2.05) is 19.1 Å². The van der Waals surface area contributed by atoms with Crippen LogP contribution in [0.4, 0.5) is 0 Å². The van der Waals surface area contributed by atoms with E-state index in [0.29, 0.717) is 0 Å². The standard InChI is InChI=1S/C7H12IN/c1-3-6(2)4-5-7(8)9/h3-5,7H,9H2,1-2H3/b5-4-,6-3-. The lowest BCUT2D eigenvalue weighted by Crippen LogP contribution is -2.05. The predicted molar refractivity (Wildman–Crippen MR) is 50.6 cm³/mol. The molecule has 0 aliphatic rings. The van der Waals surface area contributed by atoms with Crippen molar-refractivity contribution >= 4 is 22.6 Å². The van der Waals surface area contributed by atoms with Crippen LogP contribution in [0.1, 0.15) is 13.8 Å². The van der Waals surface area contributed by atoms with Gasteiger partial charge in [0.25, 0.3) is 0 Å². The number of halogens is 1. The summed E-state index contributed by atoms with van der Waals surface area (Å²) in [5, 5.41) is 0. The third-order valence-electron chi connectivity index (χ3n) is 0.998. The number of hydrogen-bond donors (Lipinski definition) is 1. The maximum absolute atomic E-state index is 5.47. The summed E-state index contributed by atoms with van der Waals surface area (Å²) in [4.78, 5) is 0. The zero-order valence-electron chi connectivity index (χ0n) is 5.76. The highest BCUT2D eigenvalue weighted by molar-refractivity contribution is 14.1. The molecule has 0 saturated carbocycles. The molecule has 0 aliphatic heterocycles. The van der Waals surface area contributed by atoms with Crippen molar-refractivity contribution in [1.29, 1.82) is 0 Å². The molecule has 0 aliphatic carbocycles. The van der Waals surface area contributed by atoms with Gasteiger partial charge in [0, 0.05) is 0 Å². The first-order chi connectivity index (χ1) is 4.16. The van der Waals surface area contributed by atoms with Gasteiger partial charge in [-0.05, 0) is 13.8 Å². The SMILES string of the molecule is C/C=C(C)\C=C/C(N)I. The third-order valence-corrected chi connectivity index (χ3v) is 1.41. The average Bonchev–Trinajstić information content (AvgIpc) is 1.83. The van der Waals surface area contributed by atoms with Crippen molar-refractivity contribution in [3.05, 3.63) is 23.8 Å². The van der Waals surface area contributed by atoms with Crippen molar-refractivity contribution in [2.45, 2.75) is 17.9 Å². The van der Waals surface area contributed by atoms with Crippen LogP contribution in [0.2, 0.25) is 0 Å². The lowest BCUT2D eigenvalue weighted by Gasteiger charge is -1.91. The second-order valence-corrected chi connectivity index (χ2v) is 3.27. The summed E-state index contributed by atoms with van der Waals surface area (Å²) in [6.45, 7) is 4.06. The van der Waals surface area contributed by atoms with E-state index < -0.39 is 0 Å². The highest BCUT2D eigenvalue weighted by Crippen LogP contribution is 1.98. The molecule has 2 heteroatoms. The molecule has 0 aromatic rings. The maximum atomic E-state index is 5.47. The van der Waals surface area contributed by atoms with Gasteiger partial charge < -0.3 is 5.73 Å². The summed E-state index contributed by atoms with van der Waals surface area (Å²) in [6.07, 6.45) is 6.04. The molecule has 0 radical (unpaired) electrons. The fourth-order valence-electron chi connectivity index (χ4n) is 0.340. The minimum absolute atomic E-state index is 0.137. The molecule has 0 heterocycles. The Hall–Kier alpha value is 0.170. The Morgan fingerprint density at radius 3 is 2.56 bits per heavy atom. The third kappa shape index (κ3) is 6.05. The molecule has 0 aromatic carbocycles. The summed E-state index contributed by atoms with van der Waals surface area (Å²) in [5.74, 6) is 0. The molecule has 0 rings (SSSR count). The number of hydrogen-bond acceptors (Lipinski definition) is 1. The molecule has 9 heavy (non-hydrogen) atoms. The maximum Gasteiger partial charge on any atom is 0.0757 e. The Morgan fingerprint density at radius 2 is 2.22 bits per heavy atom. The van der Waals surface area contributed by atoms with Crippen molar-refractivity contribution < 1.29 is 0 Å². The van der Waals surface area contributed by atoms with Crippen LogP contribution in [0.25, 0.3) is 0 Å². The minimum Gasteiger partial charge on any atom is -0.316 e. The molecule has 0 fully saturated rings. The van der Waals surface area contributed by atoms with Gasteiger partial charge in [-0.2, -0.15) is 0 Å². The Labute approximate surface area is 70.2 Å². The van der Waals surface area contributed by atoms with Gasteiger partial charge in [0.05, 0.1) is 4.05 Å². The highest BCUT2D eigenvalue weighted by Gasteiger charge is 1.83. The van der Waals surface area contributed by atoms with Crippen molar-refractivity contribution in [2.24, 2.45) is 5.73 Å². The quantitative estimate of drug-likeness (QED) is 0.339. The average molecular weight is 237 g/mol. The molecule has 0 spiro atoms. The van der Waals surface area contributed by atoms with Gasteiger partial charge in [0.1, 0.15) is 0 Å². The van der Waals surface area contributed by atoms with Gasteiger partial charge in [-0.15, -0.1) is 0 Å². The Kier molecular flexibility index (Phi) is 5.09. The van der Waals surface area contributed by atoms with Crippen LogP contribution in [0, 0.1) is 0 Å². The van der Waals surface area contributed by atoms with Gasteiger partial charge >= 0.3 is 0 Å². The second kappa shape index (κ2) is 4.99. The highest BCUT2D eigenvalue weighted by atomic mass is 127. The fourth-order valence-corrected chi connectivity index (χ4v) is 0.548. The van der Waals surface area contributed by atoms with E-state index in [1.54, 1.807) is 0 Å². The largest absolute Gasteiger partial charge is 0.316 e. The molecule has 1 nitrogen and oxygen atoms in total. The Morgan fingerprint density at radius 1 is 1.67 bits per heavy atom. The first-order valence-electron chi connectivity index (χ1n) is 2.87. The first kappa shape index (κ1) is 9.17. The molecule has 0 aromatic heterocycles. The first-order valence-corrected chi connectivity index (χ1v) is 4.12. The van der Waals surface area contributed by atoms with Crippen LogP contribution in [-0.4, -0.2) is 4.05 Å². The number of nitrogens with two attached hydrogens (primary N) is 1. The molecule has 0 amide bonds. The number of allylic oxidation sites excluding steroid dienone is 3. The summed E-state index contributed by atoms with van der Waals surface area (Å²) >= 11 is 2.16. The molecule has 1 unspecified atom stereocenters. The van der Waals surface area contributed by atoms with E-state index in [4.69, 9.17) is 5.73 Å². The normalized spacial score (nSPS) is 16.7. The molecule has 2 N–H and O–H groups in total. The van der Waals surface area contributed by atoms with E-state index in [2.05, 4.69) is 35.6 Å². The summed E-state index contributed by atoms with van der Waals surface area (Å²) in [7, 11) is 0. The van der Waals surface area contributed by atoms with E-state index in [-0.39, 0.29) is 4.05 Å². The minimum atomic E-state index is 0.137. The van der Waals surface area contributed by atoms with Crippen molar-refractivity contribution in [2.75, 3.05) is 0 Å².